The Morgan fingerprint density at radius 1 is 1.00 bits per heavy atom. The number of hydrogen-bond donors (Lipinski definition) is 1. The summed E-state index contributed by atoms with van der Waals surface area (Å²) in [6.07, 6.45) is 9.63. The molecule has 0 radical (unpaired) electrons. The van der Waals surface area contributed by atoms with Gasteiger partial charge in [0.2, 0.25) is 0 Å². The highest BCUT2D eigenvalue weighted by Crippen LogP contribution is 2.42. The summed E-state index contributed by atoms with van der Waals surface area (Å²) >= 11 is 0. The summed E-state index contributed by atoms with van der Waals surface area (Å²) in [4.78, 5) is 26.7. The number of anilines is 1. The van der Waals surface area contributed by atoms with Crippen LogP contribution in [0.5, 0.6) is 0 Å². The van der Waals surface area contributed by atoms with Crippen molar-refractivity contribution in [3.63, 3.8) is 0 Å². The predicted molar refractivity (Wildman–Crippen MR) is 129 cm³/mol. The zero-order chi connectivity index (χ0) is 23.4. The Morgan fingerprint density at radius 3 is 2.41 bits per heavy atom. The van der Waals surface area contributed by atoms with Gasteiger partial charge in [0.15, 0.2) is 18.5 Å². The third-order valence-electron chi connectivity index (χ3n) is 8.29. The number of esters is 1. The number of amides is 1. The van der Waals surface area contributed by atoms with Crippen molar-refractivity contribution < 1.29 is 18.8 Å². The van der Waals surface area contributed by atoms with Crippen LogP contribution in [-0.4, -0.2) is 58.8 Å². The van der Waals surface area contributed by atoms with Crippen molar-refractivity contribution in [2.75, 3.05) is 31.5 Å². The van der Waals surface area contributed by atoms with Crippen molar-refractivity contribution in [3.8, 4) is 0 Å². The number of piperidine rings is 3. The quantitative estimate of drug-likeness (QED) is 0.400. The van der Waals surface area contributed by atoms with Crippen LogP contribution >= 0.6 is 0 Å². The number of aromatic nitrogens is 2. The fourth-order valence-electron chi connectivity index (χ4n) is 6.38. The zero-order valence-corrected chi connectivity index (χ0v) is 19.8. The predicted octanol–water partition coefficient (Wildman–Crippen LogP) is 3.86. The van der Waals surface area contributed by atoms with Gasteiger partial charge < -0.3 is 14.5 Å². The summed E-state index contributed by atoms with van der Waals surface area (Å²) in [6, 6.07) is 13.7. The molecule has 1 atom stereocenters. The molecule has 1 N–H and O–H groups in total. The van der Waals surface area contributed by atoms with Gasteiger partial charge in [-0.15, -0.1) is 5.10 Å². The standard InChI is InChI=1S/C27H34N4O3/c32-25(29-24-11-8-16-28-30-24)20-31-17-12-21(13-18-31)23(19-31)34-26(33)27(14-6-1-2-7-15-27)22-9-4-3-5-10-22/h3-5,8-11,16,21,23H,1-2,6-7,12-15,17-20H2/p+1/t21?,23-,31?/m0/s1. The van der Waals surface area contributed by atoms with Crippen molar-refractivity contribution in [2.24, 2.45) is 5.92 Å². The molecule has 180 valence electrons. The minimum absolute atomic E-state index is 0.0542. The molecule has 1 saturated carbocycles. The summed E-state index contributed by atoms with van der Waals surface area (Å²) in [5.74, 6) is 0.751. The average molecular weight is 464 g/mol. The van der Waals surface area contributed by atoms with Gasteiger partial charge in [-0.25, -0.2) is 0 Å². The largest absolute Gasteiger partial charge is 0.455 e. The molecule has 0 unspecified atom stereocenters. The lowest BCUT2D eigenvalue weighted by molar-refractivity contribution is -0.939. The van der Waals surface area contributed by atoms with E-state index in [0.717, 1.165) is 63.7 Å². The van der Waals surface area contributed by atoms with Crippen molar-refractivity contribution in [1.82, 2.24) is 10.2 Å². The topological polar surface area (TPSA) is 81.2 Å². The van der Waals surface area contributed by atoms with Crippen LogP contribution < -0.4 is 5.32 Å². The van der Waals surface area contributed by atoms with E-state index in [1.54, 1.807) is 18.3 Å². The number of fused-ring (bicyclic) bond motifs is 3. The lowest BCUT2D eigenvalue weighted by atomic mass is 9.74. The molecule has 1 aromatic heterocycles. The van der Waals surface area contributed by atoms with Gasteiger partial charge in [-0.1, -0.05) is 56.0 Å². The molecular weight excluding hydrogens is 428 g/mol. The van der Waals surface area contributed by atoms with Gasteiger partial charge in [-0.2, -0.15) is 5.10 Å². The van der Waals surface area contributed by atoms with Crippen molar-refractivity contribution >= 4 is 17.7 Å². The molecule has 4 aliphatic rings. The van der Waals surface area contributed by atoms with Gasteiger partial charge in [-0.3, -0.25) is 9.59 Å². The molecule has 1 aliphatic carbocycles. The Hall–Kier alpha value is -2.80. The van der Waals surface area contributed by atoms with Crippen molar-refractivity contribution in [1.29, 1.82) is 0 Å². The second-order valence-corrected chi connectivity index (χ2v) is 10.4. The van der Waals surface area contributed by atoms with Crippen LogP contribution in [-0.2, 0) is 19.7 Å². The first kappa shape index (κ1) is 23.0. The van der Waals surface area contributed by atoms with E-state index < -0.39 is 5.41 Å². The number of quaternary nitrogens is 1. The first-order valence-electron chi connectivity index (χ1n) is 12.8. The van der Waals surface area contributed by atoms with E-state index in [1.165, 1.54) is 12.8 Å². The van der Waals surface area contributed by atoms with Gasteiger partial charge in [-0.05, 0) is 30.5 Å². The molecule has 2 aromatic rings. The lowest BCUT2D eigenvalue weighted by Gasteiger charge is -2.52. The molecule has 3 aliphatic heterocycles. The van der Waals surface area contributed by atoms with Crippen LogP contribution in [0, 0.1) is 5.92 Å². The second kappa shape index (κ2) is 9.82. The van der Waals surface area contributed by atoms with Crippen molar-refractivity contribution in [3.05, 3.63) is 54.2 Å². The summed E-state index contributed by atoms with van der Waals surface area (Å²) in [5.41, 5.74) is 0.549. The minimum atomic E-state index is -0.544. The number of carbonyl (C=O) groups excluding carboxylic acids is 2. The fraction of sp³-hybridized carbons (Fsp3) is 0.556. The molecule has 6 rings (SSSR count). The van der Waals surface area contributed by atoms with E-state index in [1.807, 2.05) is 18.2 Å². The average Bonchev–Trinajstić information content (AvgIpc) is 3.13. The van der Waals surface area contributed by atoms with E-state index in [-0.39, 0.29) is 18.0 Å². The number of nitrogens with one attached hydrogen (secondary N) is 1. The summed E-state index contributed by atoms with van der Waals surface area (Å²) < 4.78 is 7.07. The molecule has 4 fully saturated rings. The molecule has 3 saturated heterocycles. The number of nitrogens with zero attached hydrogens (tertiary/aromatic N) is 3. The molecule has 2 bridgehead atoms. The third-order valence-corrected chi connectivity index (χ3v) is 8.29. The Kier molecular flexibility index (Phi) is 6.63. The van der Waals surface area contributed by atoms with Gasteiger partial charge in [0.1, 0.15) is 6.54 Å². The zero-order valence-electron chi connectivity index (χ0n) is 19.8. The molecule has 34 heavy (non-hydrogen) atoms. The van der Waals surface area contributed by atoms with Crippen LogP contribution in [0.2, 0.25) is 0 Å². The number of hydrogen-bond acceptors (Lipinski definition) is 5. The number of rotatable bonds is 6. The second-order valence-electron chi connectivity index (χ2n) is 10.4. The monoisotopic (exact) mass is 463 g/mol. The first-order valence-corrected chi connectivity index (χ1v) is 12.8. The van der Waals surface area contributed by atoms with E-state index in [9.17, 15) is 9.59 Å². The van der Waals surface area contributed by atoms with Gasteiger partial charge in [0.25, 0.3) is 5.91 Å². The van der Waals surface area contributed by atoms with Crippen LogP contribution in [0.4, 0.5) is 5.82 Å². The molecule has 4 heterocycles. The Bertz CT molecular complexity index is 981. The highest BCUT2D eigenvalue weighted by molar-refractivity contribution is 5.90. The highest BCUT2D eigenvalue weighted by atomic mass is 16.5. The molecule has 1 aromatic carbocycles. The van der Waals surface area contributed by atoms with E-state index in [0.29, 0.717) is 22.8 Å². The fourth-order valence-corrected chi connectivity index (χ4v) is 6.38. The SMILES string of the molecule is O=C(C[N+]12CCC(CC1)[C@@H](OC(=O)C1(c3ccccc3)CCCCCC1)C2)Nc1cccnn1. The molecule has 7 heteroatoms. The molecule has 0 spiro atoms. The van der Waals surface area contributed by atoms with E-state index in [4.69, 9.17) is 4.74 Å². The Balaban J connectivity index is 1.30. The lowest BCUT2D eigenvalue weighted by Crippen LogP contribution is -2.66. The maximum Gasteiger partial charge on any atom is 0.317 e. The number of carbonyl (C=O) groups is 2. The highest BCUT2D eigenvalue weighted by Gasteiger charge is 2.51. The van der Waals surface area contributed by atoms with Gasteiger partial charge in [0.05, 0.1) is 18.5 Å². The normalized spacial score (nSPS) is 28.0. The maximum absolute atomic E-state index is 13.9. The van der Waals surface area contributed by atoms with E-state index in [2.05, 4.69) is 27.6 Å². The van der Waals surface area contributed by atoms with Crippen molar-refractivity contribution in [2.45, 2.75) is 62.9 Å². The Morgan fingerprint density at radius 2 is 1.74 bits per heavy atom. The van der Waals surface area contributed by atoms with E-state index >= 15 is 0 Å². The maximum atomic E-state index is 13.9. The first-order chi connectivity index (χ1) is 16.6. The minimum Gasteiger partial charge on any atom is -0.455 e. The molecule has 1 amide bonds. The molecule has 7 nitrogen and oxygen atoms in total. The summed E-state index contributed by atoms with van der Waals surface area (Å²) in [6.45, 7) is 3.00. The number of benzene rings is 1. The number of ether oxygens (including phenoxy) is 1. The Labute approximate surface area is 201 Å². The van der Waals surface area contributed by atoms with Crippen LogP contribution in [0.1, 0.15) is 56.9 Å². The smallest absolute Gasteiger partial charge is 0.317 e. The van der Waals surface area contributed by atoms with Gasteiger partial charge in [0, 0.05) is 25.0 Å². The third kappa shape index (κ3) is 4.71. The summed E-state index contributed by atoms with van der Waals surface area (Å²) in [7, 11) is 0. The summed E-state index contributed by atoms with van der Waals surface area (Å²) in [5, 5.41) is 10.7. The van der Waals surface area contributed by atoms with Gasteiger partial charge >= 0.3 is 5.97 Å². The molecular formula is C27H35N4O3+. The van der Waals surface area contributed by atoms with Crippen LogP contribution in [0.3, 0.4) is 0 Å². The van der Waals surface area contributed by atoms with Crippen LogP contribution in [0.15, 0.2) is 48.7 Å². The van der Waals surface area contributed by atoms with Crippen LogP contribution in [0.25, 0.3) is 0 Å².